The normalized spacial score (nSPS) is 22.1. The highest BCUT2D eigenvalue weighted by molar-refractivity contribution is 9.13. The van der Waals surface area contributed by atoms with Crippen LogP contribution in [0.5, 0.6) is 0 Å². The zero-order chi connectivity index (χ0) is 20.2. The molecule has 0 bridgehead atoms. The molecule has 142 valence electrons. The Labute approximate surface area is 159 Å². The minimum atomic E-state index is -6.66. The lowest BCUT2D eigenvalue weighted by molar-refractivity contribution is -0.286. The van der Waals surface area contributed by atoms with Gasteiger partial charge in [0.15, 0.2) is 0 Å². The van der Waals surface area contributed by atoms with E-state index in [0.717, 1.165) is 63.7 Å². The minimum absolute atomic E-state index is 0.350. The van der Waals surface area contributed by atoms with Crippen LogP contribution in [0.25, 0.3) is 0 Å². The second-order valence-corrected chi connectivity index (χ2v) is 8.33. The molecule has 0 aliphatic carbocycles. The average Bonchev–Trinajstić information content (AvgIpc) is 2.36. The van der Waals surface area contributed by atoms with E-state index in [4.69, 9.17) is 5.26 Å². The molecule has 0 aliphatic heterocycles. The maximum Gasteiger partial charge on any atom is 0.381 e. The summed E-state index contributed by atoms with van der Waals surface area (Å²) in [4.78, 5) is -5.42. The molecule has 24 heavy (non-hydrogen) atoms. The van der Waals surface area contributed by atoms with Crippen LogP contribution in [0.2, 0.25) is 0 Å². The Hall–Kier alpha value is 0.640. The molecule has 0 N–H and O–H groups in total. The summed E-state index contributed by atoms with van der Waals surface area (Å²) in [5.41, 5.74) is 0. The van der Waals surface area contributed by atoms with Gasteiger partial charge in [0.05, 0.1) is 0 Å². The second kappa shape index (κ2) is 6.36. The molecule has 0 aromatic carbocycles. The van der Waals surface area contributed by atoms with Crippen molar-refractivity contribution >= 4 is 63.7 Å². The summed E-state index contributed by atoms with van der Waals surface area (Å²) >= 11 is 3.71. The highest BCUT2D eigenvalue weighted by Gasteiger charge is 2.88. The van der Waals surface area contributed by atoms with Gasteiger partial charge >= 0.3 is 31.8 Å². The van der Waals surface area contributed by atoms with Crippen molar-refractivity contribution in [2.24, 2.45) is 0 Å². The Bertz CT molecular complexity index is 533. The fraction of sp³-hybridized carbons (Fsp3) is 0.875. The molecule has 16 heteroatoms. The lowest BCUT2D eigenvalue weighted by Gasteiger charge is -2.44. The van der Waals surface area contributed by atoms with E-state index in [1.54, 1.807) is 0 Å². The smallest absolute Gasteiger partial charge is 0.217 e. The summed E-state index contributed by atoms with van der Waals surface area (Å²) in [5, 5.41) is 7.91. The van der Waals surface area contributed by atoms with E-state index in [0.29, 0.717) is 0 Å². The van der Waals surface area contributed by atoms with Crippen molar-refractivity contribution in [3.05, 3.63) is 0 Å². The first-order valence-corrected chi connectivity index (χ1v) is 7.98. The zero-order valence-electron chi connectivity index (χ0n) is 10.1. The van der Waals surface area contributed by atoms with Gasteiger partial charge in [-0.3, -0.25) is 0 Å². The van der Waals surface area contributed by atoms with E-state index in [1.807, 2.05) is 0 Å². The molecule has 0 radical (unpaired) electrons. The van der Waals surface area contributed by atoms with E-state index < -0.39 is 36.3 Å². The first-order valence-electron chi connectivity index (χ1n) is 4.81. The molecule has 0 saturated carbocycles. The zero-order valence-corrected chi connectivity index (χ0v) is 16.5. The highest BCUT2D eigenvalue weighted by atomic mass is 79.9. The molecular formula is C8Br4F11N. The summed E-state index contributed by atoms with van der Waals surface area (Å²) in [6, 6.07) is -0.350. The van der Waals surface area contributed by atoms with Crippen LogP contribution in [-0.2, 0) is 0 Å². The Kier molecular flexibility index (Phi) is 6.53. The third-order valence-corrected chi connectivity index (χ3v) is 6.53. The SMILES string of the molecule is N#CC(F)(F)[C@](F)(Br)C(F)(F)[C@@](F)(Br)C(F)(F)[C@@](F)(Br)C(F)(F)Br. The number of hydrogen-bond donors (Lipinski definition) is 0. The van der Waals surface area contributed by atoms with Gasteiger partial charge in [-0.05, 0) is 63.7 Å². The molecule has 0 spiro atoms. The van der Waals surface area contributed by atoms with E-state index >= 15 is 0 Å². The van der Waals surface area contributed by atoms with Gasteiger partial charge in [0.25, 0.3) is 4.58 Å². The number of halogens is 15. The standard InChI is InChI=1S/C8Br4F11N/c9-3(15,2(13,14)1-24)6(18,19)4(10,16)7(20,21)5(11,17)8(12,22)23/t3-,4+,5+/m1/s1. The number of nitrogens with zero attached hydrogens (tertiary/aromatic N) is 1. The Morgan fingerprint density at radius 2 is 0.833 bits per heavy atom. The topological polar surface area (TPSA) is 23.8 Å². The fourth-order valence-corrected chi connectivity index (χ4v) is 3.00. The van der Waals surface area contributed by atoms with E-state index in [9.17, 15) is 48.3 Å². The molecular weight excluding hydrogens is 639 g/mol. The Balaban J connectivity index is 6.48. The van der Waals surface area contributed by atoms with Crippen LogP contribution in [0.3, 0.4) is 0 Å². The molecule has 3 atom stereocenters. The van der Waals surface area contributed by atoms with Gasteiger partial charge in [0.2, 0.25) is 0 Å². The molecule has 0 aliphatic rings. The first-order chi connectivity index (χ1) is 10.1. The molecule has 0 aromatic heterocycles. The van der Waals surface area contributed by atoms with Crippen LogP contribution in [0, 0.1) is 11.3 Å². The van der Waals surface area contributed by atoms with Crippen molar-refractivity contribution in [3.63, 3.8) is 0 Å². The quantitative estimate of drug-likeness (QED) is 0.238. The largest absolute Gasteiger partial charge is 0.381 e. The van der Waals surface area contributed by atoms with Crippen LogP contribution in [0.4, 0.5) is 48.3 Å². The van der Waals surface area contributed by atoms with Crippen molar-refractivity contribution in [1.29, 1.82) is 5.26 Å². The van der Waals surface area contributed by atoms with Crippen molar-refractivity contribution in [3.8, 4) is 6.07 Å². The summed E-state index contributed by atoms with van der Waals surface area (Å²) in [5.74, 6) is -19.1. The van der Waals surface area contributed by atoms with Gasteiger partial charge in [-0.1, -0.05) is 0 Å². The monoisotopic (exact) mass is 635 g/mol. The molecule has 0 saturated heterocycles. The lowest BCUT2D eigenvalue weighted by atomic mass is 9.96. The summed E-state index contributed by atoms with van der Waals surface area (Å²) < 4.78 is 129. The first kappa shape index (κ1) is 24.6. The maximum absolute atomic E-state index is 13.9. The van der Waals surface area contributed by atoms with Gasteiger partial charge < -0.3 is 0 Å². The number of rotatable bonds is 6. The molecule has 0 heterocycles. The second-order valence-electron chi connectivity index (χ2n) is 4.06. The number of alkyl halides is 15. The summed E-state index contributed by atoms with van der Waals surface area (Å²) in [7, 11) is 0. The number of nitriles is 1. The van der Waals surface area contributed by atoms with E-state index in [2.05, 4.69) is 0 Å². The van der Waals surface area contributed by atoms with Crippen molar-refractivity contribution < 1.29 is 48.3 Å². The van der Waals surface area contributed by atoms with Crippen LogP contribution in [-0.4, -0.2) is 36.3 Å². The van der Waals surface area contributed by atoms with Crippen molar-refractivity contribution in [2.45, 2.75) is 36.3 Å². The molecule has 0 unspecified atom stereocenters. The fourth-order valence-electron chi connectivity index (χ4n) is 1.04. The van der Waals surface area contributed by atoms with Crippen LogP contribution in [0.15, 0.2) is 0 Å². The number of hydrogen-bond acceptors (Lipinski definition) is 1. The predicted octanol–water partition coefficient (Wildman–Crippen LogP) is 6.59. The molecule has 0 amide bonds. The Morgan fingerprint density at radius 1 is 0.542 bits per heavy atom. The van der Waals surface area contributed by atoms with Crippen LogP contribution < -0.4 is 0 Å². The van der Waals surface area contributed by atoms with Crippen LogP contribution >= 0.6 is 63.7 Å². The van der Waals surface area contributed by atoms with Gasteiger partial charge in [-0.15, -0.1) is 0 Å². The minimum Gasteiger partial charge on any atom is -0.217 e. The van der Waals surface area contributed by atoms with E-state index in [1.165, 1.54) is 0 Å². The van der Waals surface area contributed by atoms with Crippen molar-refractivity contribution in [2.75, 3.05) is 0 Å². The summed E-state index contributed by atoms with van der Waals surface area (Å²) in [6.07, 6.45) is 0. The van der Waals surface area contributed by atoms with E-state index in [-0.39, 0.29) is 6.07 Å². The molecule has 0 rings (SSSR count). The van der Waals surface area contributed by atoms with Crippen molar-refractivity contribution in [1.82, 2.24) is 0 Å². The Morgan fingerprint density at radius 3 is 1.08 bits per heavy atom. The third kappa shape index (κ3) is 3.19. The van der Waals surface area contributed by atoms with Gasteiger partial charge in [0.1, 0.15) is 6.07 Å². The van der Waals surface area contributed by atoms with Gasteiger partial charge in [-0.25, -0.2) is 13.2 Å². The molecule has 1 nitrogen and oxygen atoms in total. The van der Waals surface area contributed by atoms with Crippen LogP contribution in [0.1, 0.15) is 0 Å². The average molecular weight is 639 g/mol. The lowest BCUT2D eigenvalue weighted by Crippen LogP contribution is -2.70. The van der Waals surface area contributed by atoms with Gasteiger partial charge in [-0.2, -0.15) is 40.4 Å². The van der Waals surface area contributed by atoms with Gasteiger partial charge in [0, 0.05) is 0 Å². The molecule has 0 fully saturated rings. The maximum atomic E-state index is 13.9. The third-order valence-electron chi connectivity index (χ3n) is 2.47. The molecule has 0 aromatic rings. The predicted molar refractivity (Wildman–Crippen MR) is 72.6 cm³/mol. The summed E-state index contributed by atoms with van der Waals surface area (Å²) in [6.45, 7) is 0. The highest BCUT2D eigenvalue weighted by Crippen LogP contribution is 2.66.